The summed E-state index contributed by atoms with van der Waals surface area (Å²) in [5.41, 5.74) is 1.09. The summed E-state index contributed by atoms with van der Waals surface area (Å²) in [5.74, 6) is -0.383. The molecule has 1 aromatic carbocycles. The maximum Gasteiger partial charge on any atom is 0.573 e. The molecule has 0 N–H and O–H groups in total. The molecule has 2 aromatic rings. The number of aromatic nitrogens is 2. The number of nitriles is 1. The fraction of sp³-hybridized carbons (Fsp3) is 0.286. The summed E-state index contributed by atoms with van der Waals surface area (Å²) in [6.07, 6.45) is -1.68. The third-order valence-electron chi connectivity index (χ3n) is 2.81. The van der Waals surface area contributed by atoms with Crippen molar-refractivity contribution in [2.24, 2.45) is 0 Å². The van der Waals surface area contributed by atoms with Crippen LogP contribution in [-0.2, 0) is 11.3 Å². The smallest absolute Gasteiger partial charge is 0.406 e. The Balaban J connectivity index is 2.33. The van der Waals surface area contributed by atoms with Gasteiger partial charge < -0.3 is 9.47 Å². The van der Waals surface area contributed by atoms with Crippen molar-refractivity contribution in [2.45, 2.75) is 12.9 Å². The second-order valence-electron chi connectivity index (χ2n) is 4.35. The van der Waals surface area contributed by atoms with Gasteiger partial charge in [0.2, 0.25) is 0 Å². The number of rotatable bonds is 5. The van der Waals surface area contributed by atoms with Crippen molar-refractivity contribution in [3.63, 3.8) is 0 Å². The van der Waals surface area contributed by atoms with Crippen LogP contribution >= 0.6 is 0 Å². The summed E-state index contributed by atoms with van der Waals surface area (Å²) in [6.45, 7) is 0.945. The first-order valence-electron chi connectivity index (χ1n) is 6.24. The van der Waals surface area contributed by atoms with E-state index in [9.17, 15) is 13.2 Å². The van der Waals surface area contributed by atoms with E-state index in [4.69, 9.17) is 10.00 Å². The Bertz CT molecular complexity index is 689. The Morgan fingerprint density at radius 3 is 2.77 bits per heavy atom. The molecular formula is C14H12F3N3O2. The summed E-state index contributed by atoms with van der Waals surface area (Å²) in [4.78, 5) is 0. The molecule has 0 aliphatic rings. The topological polar surface area (TPSA) is 60.1 Å². The lowest BCUT2D eigenvalue weighted by molar-refractivity contribution is -0.274. The lowest BCUT2D eigenvalue weighted by Gasteiger charge is -2.10. The van der Waals surface area contributed by atoms with Crippen LogP contribution in [0.4, 0.5) is 13.2 Å². The molecule has 0 unspecified atom stereocenters. The van der Waals surface area contributed by atoms with Crippen LogP contribution in [0.3, 0.4) is 0 Å². The lowest BCUT2D eigenvalue weighted by Crippen LogP contribution is -2.17. The Labute approximate surface area is 124 Å². The minimum absolute atomic E-state index is 0.237. The molecule has 0 aliphatic carbocycles. The maximum absolute atomic E-state index is 12.3. The molecule has 0 amide bonds. The van der Waals surface area contributed by atoms with Crippen LogP contribution in [0.5, 0.6) is 5.75 Å². The number of halogens is 3. The van der Waals surface area contributed by atoms with Crippen molar-refractivity contribution in [3.8, 4) is 22.9 Å². The van der Waals surface area contributed by atoms with E-state index in [1.807, 2.05) is 6.07 Å². The molecule has 0 saturated heterocycles. The normalized spacial score (nSPS) is 11.2. The number of nitrogens with zero attached hydrogens (tertiary/aromatic N) is 3. The number of methoxy groups -OCH3 is 1. The highest BCUT2D eigenvalue weighted by Gasteiger charge is 2.31. The number of benzene rings is 1. The van der Waals surface area contributed by atoms with E-state index in [1.165, 1.54) is 18.3 Å². The predicted molar refractivity (Wildman–Crippen MR) is 70.9 cm³/mol. The highest BCUT2D eigenvalue weighted by atomic mass is 19.4. The van der Waals surface area contributed by atoms with Gasteiger partial charge in [0.1, 0.15) is 5.75 Å². The Morgan fingerprint density at radius 2 is 2.14 bits per heavy atom. The summed E-state index contributed by atoms with van der Waals surface area (Å²) < 4.78 is 47.2. The van der Waals surface area contributed by atoms with Crippen LogP contribution < -0.4 is 4.74 Å². The summed E-state index contributed by atoms with van der Waals surface area (Å²) in [6, 6.07) is 5.49. The van der Waals surface area contributed by atoms with Gasteiger partial charge in [-0.15, -0.1) is 13.2 Å². The molecule has 0 atom stereocenters. The van der Waals surface area contributed by atoms with E-state index < -0.39 is 6.36 Å². The molecule has 2 rings (SSSR count). The molecule has 5 nitrogen and oxygen atoms in total. The fourth-order valence-corrected chi connectivity index (χ4v) is 1.87. The maximum atomic E-state index is 12.3. The molecule has 8 heteroatoms. The number of ether oxygens (including phenoxy) is 2. The van der Waals surface area contributed by atoms with Gasteiger partial charge in [-0.1, -0.05) is 0 Å². The summed E-state index contributed by atoms with van der Waals surface area (Å²) >= 11 is 0. The second-order valence-corrected chi connectivity index (χ2v) is 4.35. The van der Waals surface area contributed by atoms with Crippen molar-refractivity contribution < 1.29 is 22.6 Å². The Morgan fingerprint density at radius 1 is 1.36 bits per heavy atom. The van der Waals surface area contributed by atoms with E-state index in [2.05, 4.69) is 9.84 Å². The van der Waals surface area contributed by atoms with Crippen LogP contribution in [0.2, 0.25) is 0 Å². The highest BCUT2D eigenvalue weighted by Crippen LogP contribution is 2.30. The van der Waals surface area contributed by atoms with Crippen molar-refractivity contribution in [1.82, 2.24) is 9.78 Å². The van der Waals surface area contributed by atoms with Crippen LogP contribution in [-0.4, -0.2) is 29.9 Å². The molecule has 116 valence electrons. The minimum Gasteiger partial charge on any atom is -0.406 e. The predicted octanol–water partition coefficient (Wildman–Crippen LogP) is 2.97. The zero-order valence-corrected chi connectivity index (χ0v) is 11.6. The van der Waals surface area contributed by atoms with Crippen LogP contribution in [0.15, 0.2) is 30.6 Å². The quantitative estimate of drug-likeness (QED) is 0.852. The summed E-state index contributed by atoms with van der Waals surface area (Å²) in [7, 11) is 1.55. The Hall–Kier alpha value is -2.53. The highest BCUT2D eigenvalue weighted by molar-refractivity contribution is 5.71. The van der Waals surface area contributed by atoms with Gasteiger partial charge in [-0.05, 0) is 18.2 Å². The number of alkyl halides is 3. The van der Waals surface area contributed by atoms with E-state index in [0.717, 1.165) is 6.07 Å². The molecular weight excluding hydrogens is 299 g/mol. The SMILES string of the molecule is COCCn1cc(-c2cc(OC(F)(F)F)ccc2C#N)cn1. The molecule has 1 heterocycles. The first-order chi connectivity index (χ1) is 10.4. The zero-order valence-electron chi connectivity index (χ0n) is 11.6. The molecule has 0 bridgehead atoms. The lowest BCUT2D eigenvalue weighted by atomic mass is 10.0. The van der Waals surface area contributed by atoms with Gasteiger partial charge in [-0.3, -0.25) is 4.68 Å². The molecule has 0 saturated carbocycles. The van der Waals surface area contributed by atoms with Crippen LogP contribution in [0, 0.1) is 11.3 Å². The van der Waals surface area contributed by atoms with Gasteiger partial charge in [0, 0.05) is 24.4 Å². The van der Waals surface area contributed by atoms with Crippen molar-refractivity contribution in [2.75, 3.05) is 13.7 Å². The first kappa shape index (κ1) is 15.9. The monoisotopic (exact) mass is 311 g/mol. The zero-order chi connectivity index (χ0) is 16.2. The fourth-order valence-electron chi connectivity index (χ4n) is 1.87. The standard InChI is InChI=1S/C14H12F3N3O2/c1-21-5-4-20-9-11(8-19-20)13-6-12(22-14(15,16)17)3-2-10(13)7-18/h2-3,6,8-9H,4-5H2,1H3. The molecule has 0 fully saturated rings. The largest absolute Gasteiger partial charge is 0.573 e. The van der Waals surface area contributed by atoms with E-state index in [-0.39, 0.29) is 11.3 Å². The van der Waals surface area contributed by atoms with Gasteiger partial charge in [0.05, 0.1) is 31.0 Å². The van der Waals surface area contributed by atoms with Crippen molar-refractivity contribution >= 4 is 0 Å². The van der Waals surface area contributed by atoms with Crippen molar-refractivity contribution in [3.05, 3.63) is 36.2 Å². The third kappa shape index (κ3) is 3.99. The first-order valence-corrected chi connectivity index (χ1v) is 6.24. The average Bonchev–Trinajstić information content (AvgIpc) is 2.92. The van der Waals surface area contributed by atoms with Crippen molar-refractivity contribution in [1.29, 1.82) is 5.26 Å². The van der Waals surface area contributed by atoms with Gasteiger partial charge in [-0.25, -0.2) is 0 Å². The van der Waals surface area contributed by atoms with E-state index in [0.29, 0.717) is 24.3 Å². The molecule has 0 spiro atoms. The number of hydrogen-bond donors (Lipinski definition) is 0. The molecule has 22 heavy (non-hydrogen) atoms. The summed E-state index contributed by atoms with van der Waals surface area (Å²) in [5, 5.41) is 13.2. The van der Waals surface area contributed by atoms with Gasteiger partial charge in [0.15, 0.2) is 0 Å². The minimum atomic E-state index is -4.78. The molecule has 0 radical (unpaired) electrons. The second kappa shape index (κ2) is 6.49. The molecule has 0 aliphatic heterocycles. The Kier molecular flexibility index (Phi) is 4.68. The molecule has 1 aromatic heterocycles. The van der Waals surface area contributed by atoms with Crippen LogP contribution in [0.25, 0.3) is 11.1 Å². The van der Waals surface area contributed by atoms with E-state index >= 15 is 0 Å². The van der Waals surface area contributed by atoms with Gasteiger partial charge >= 0.3 is 6.36 Å². The van der Waals surface area contributed by atoms with Crippen LogP contribution in [0.1, 0.15) is 5.56 Å². The third-order valence-corrected chi connectivity index (χ3v) is 2.81. The number of hydrogen-bond acceptors (Lipinski definition) is 4. The average molecular weight is 311 g/mol. The van der Waals surface area contributed by atoms with Gasteiger partial charge in [0.25, 0.3) is 0 Å². The van der Waals surface area contributed by atoms with Gasteiger partial charge in [-0.2, -0.15) is 10.4 Å². The van der Waals surface area contributed by atoms with E-state index in [1.54, 1.807) is 18.0 Å².